The SMILES string of the molecule is I.O=S(=O)(c1ccccc1CNC1=NCCN1)N1CCOCC1. The van der Waals surface area contributed by atoms with E-state index in [-0.39, 0.29) is 24.0 Å². The van der Waals surface area contributed by atoms with E-state index in [1.54, 1.807) is 12.1 Å². The van der Waals surface area contributed by atoms with Crippen LogP contribution in [-0.4, -0.2) is 58.1 Å². The Labute approximate surface area is 153 Å². The lowest BCUT2D eigenvalue weighted by Crippen LogP contribution is -2.41. The summed E-state index contributed by atoms with van der Waals surface area (Å²) in [6, 6.07) is 7.09. The van der Waals surface area contributed by atoms with Crippen LogP contribution in [0.15, 0.2) is 34.2 Å². The summed E-state index contributed by atoms with van der Waals surface area (Å²) in [6.45, 7) is 3.68. The zero-order valence-corrected chi connectivity index (χ0v) is 15.8. The molecule has 9 heteroatoms. The topological polar surface area (TPSA) is 83.0 Å². The number of halogens is 1. The van der Waals surface area contributed by atoms with Crippen molar-refractivity contribution in [1.29, 1.82) is 0 Å². The van der Waals surface area contributed by atoms with E-state index in [4.69, 9.17) is 4.74 Å². The van der Waals surface area contributed by atoms with E-state index in [0.29, 0.717) is 37.7 Å². The molecule has 2 heterocycles. The maximum atomic E-state index is 12.8. The summed E-state index contributed by atoms with van der Waals surface area (Å²) in [5.41, 5.74) is 0.741. The number of aliphatic imine (C=N–C) groups is 1. The summed E-state index contributed by atoms with van der Waals surface area (Å²) in [4.78, 5) is 4.60. The van der Waals surface area contributed by atoms with Crippen molar-refractivity contribution in [3.05, 3.63) is 29.8 Å². The number of guanidine groups is 1. The van der Waals surface area contributed by atoms with Crippen molar-refractivity contribution in [3.63, 3.8) is 0 Å². The van der Waals surface area contributed by atoms with Crippen LogP contribution >= 0.6 is 24.0 Å². The standard InChI is InChI=1S/C14H20N4O3S.HI/c19-22(20,18-7-9-21-10-8-18)13-4-2-1-3-12(13)11-17-14-15-5-6-16-14;/h1-4H,5-11H2,(H2,15,16,17);1H. The van der Waals surface area contributed by atoms with Crippen LogP contribution < -0.4 is 10.6 Å². The van der Waals surface area contributed by atoms with Crippen molar-refractivity contribution in [1.82, 2.24) is 14.9 Å². The predicted molar refractivity (Wildman–Crippen MR) is 98.6 cm³/mol. The Morgan fingerprint density at radius 2 is 2.00 bits per heavy atom. The van der Waals surface area contributed by atoms with Gasteiger partial charge in [0.25, 0.3) is 0 Å². The first-order valence-corrected chi connectivity index (χ1v) is 8.80. The molecule has 23 heavy (non-hydrogen) atoms. The summed E-state index contributed by atoms with van der Waals surface area (Å²) in [5, 5.41) is 6.26. The minimum absolute atomic E-state index is 0. The molecule has 0 radical (unpaired) electrons. The second-order valence-electron chi connectivity index (χ2n) is 5.13. The summed E-state index contributed by atoms with van der Waals surface area (Å²) in [6.07, 6.45) is 0. The number of benzene rings is 1. The van der Waals surface area contributed by atoms with Gasteiger partial charge in [-0.1, -0.05) is 18.2 Å². The third-order valence-electron chi connectivity index (χ3n) is 3.68. The molecule has 0 unspecified atom stereocenters. The molecule has 1 aromatic carbocycles. The van der Waals surface area contributed by atoms with Crippen molar-refractivity contribution >= 4 is 40.0 Å². The second kappa shape index (κ2) is 8.27. The second-order valence-corrected chi connectivity index (χ2v) is 7.04. The average molecular weight is 452 g/mol. The predicted octanol–water partition coefficient (Wildman–Crippen LogP) is 0.374. The molecule has 2 aliphatic rings. The fraction of sp³-hybridized carbons (Fsp3) is 0.500. The van der Waals surface area contributed by atoms with E-state index in [1.807, 2.05) is 12.1 Å². The van der Waals surface area contributed by atoms with Crippen molar-refractivity contribution in [2.45, 2.75) is 11.4 Å². The lowest BCUT2D eigenvalue weighted by Gasteiger charge is -2.27. The first-order valence-electron chi connectivity index (χ1n) is 7.36. The summed E-state index contributed by atoms with van der Waals surface area (Å²) >= 11 is 0. The highest BCUT2D eigenvalue weighted by atomic mass is 127. The molecule has 0 saturated carbocycles. The fourth-order valence-electron chi connectivity index (χ4n) is 2.52. The Hall–Kier alpha value is -0.910. The normalized spacial score (nSPS) is 18.7. The molecule has 0 amide bonds. The molecule has 0 spiro atoms. The highest BCUT2D eigenvalue weighted by Gasteiger charge is 2.28. The average Bonchev–Trinajstić information content (AvgIpc) is 3.07. The third-order valence-corrected chi connectivity index (χ3v) is 5.68. The third kappa shape index (κ3) is 4.34. The van der Waals surface area contributed by atoms with Gasteiger partial charge in [0.05, 0.1) is 24.7 Å². The van der Waals surface area contributed by atoms with Crippen LogP contribution in [0.2, 0.25) is 0 Å². The fourth-order valence-corrected chi connectivity index (χ4v) is 4.15. The van der Waals surface area contributed by atoms with Gasteiger partial charge in [-0.15, -0.1) is 24.0 Å². The molecule has 3 rings (SSSR count). The maximum absolute atomic E-state index is 12.8. The summed E-state index contributed by atoms with van der Waals surface area (Å²) in [5.74, 6) is 0.721. The molecule has 0 aliphatic carbocycles. The molecule has 0 bridgehead atoms. The molecule has 1 aromatic rings. The Bertz CT molecular complexity index is 660. The Morgan fingerprint density at radius 3 is 2.70 bits per heavy atom. The van der Waals surface area contributed by atoms with Gasteiger partial charge in [-0.3, -0.25) is 4.99 Å². The molecular weight excluding hydrogens is 431 g/mol. The number of nitrogens with one attached hydrogen (secondary N) is 2. The van der Waals surface area contributed by atoms with Crippen molar-refractivity contribution in [3.8, 4) is 0 Å². The van der Waals surface area contributed by atoms with E-state index in [0.717, 1.165) is 24.6 Å². The number of rotatable bonds is 4. The van der Waals surface area contributed by atoms with Crippen molar-refractivity contribution in [2.75, 3.05) is 39.4 Å². The van der Waals surface area contributed by atoms with Gasteiger partial charge in [0.15, 0.2) is 5.96 Å². The summed E-state index contributed by atoms with van der Waals surface area (Å²) < 4.78 is 32.3. The lowest BCUT2D eigenvalue weighted by atomic mass is 10.2. The molecule has 2 N–H and O–H groups in total. The van der Waals surface area contributed by atoms with E-state index in [1.165, 1.54) is 4.31 Å². The number of hydrogen-bond acceptors (Lipinski definition) is 6. The van der Waals surface area contributed by atoms with Crippen molar-refractivity contribution in [2.24, 2.45) is 4.99 Å². The number of hydrogen-bond donors (Lipinski definition) is 2. The van der Waals surface area contributed by atoms with Crippen LogP contribution in [0.3, 0.4) is 0 Å². The first-order chi connectivity index (χ1) is 10.7. The van der Waals surface area contributed by atoms with Gasteiger partial charge >= 0.3 is 0 Å². The molecule has 0 aromatic heterocycles. The Morgan fingerprint density at radius 1 is 1.26 bits per heavy atom. The number of sulfonamides is 1. The molecule has 2 aliphatic heterocycles. The van der Waals surface area contributed by atoms with Gasteiger partial charge in [0.1, 0.15) is 0 Å². The maximum Gasteiger partial charge on any atom is 0.243 e. The van der Waals surface area contributed by atoms with Gasteiger partial charge < -0.3 is 15.4 Å². The Kier molecular flexibility index (Phi) is 6.62. The highest BCUT2D eigenvalue weighted by Crippen LogP contribution is 2.21. The molecular formula is C14H21IN4O3S. The van der Waals surface area contributed by atoms with Crippen LogP contribution in [0.4, 0.5) is 0 Å². The molecule has 0 atom stereocenters. The smallest absolute Gasteiger partial charge is 0.243 e. The summed E-state index contributed by atoms with van der Waals surface area (Å²) in [7, 11) is -3.49. The van der Waals surface area contributed by atoms with Gasteiger partial charge in [-0.25, -0.2) is 8.42 Å². The van der Waals surface area contributed by atoms with Crippen LogP contribution in [0.5, 0.6) is 0 Å². The lowest BCUT2D eigenvalue weighted by molar-refractivity contribution is 0.0730. The number of nitrogens with zero attached hydrogens (tertiary/aromatic N) is 2. The van der Waals surface area contributed by atoms with Gasteiger partial charge in [-0.2, -0.15) is 4.31 Å². The molecule has 128 valence electrons. The van der Waals surface area contributed by atoms with Gasteiger partial charge in [-0.05, 0) is 11.6 Å². The highest BCUT2D eigenvalue weighted by molar-refractivity contribution is 14.0. The zero-order valence-electron chi connectivity index (χ0n) is 12.7. The number of ether oxygens (including phenoxy) is 1. The van der Waals surface area contributed by atoms with Crippen LogP contribution in [-0.2, 0) is 21.3 Å². The molecule has 7 nitrogen and oxygen atoms in total. The van der Waals surface area contributed by atoms with Gasteiger partial charge in [0.2, 0.25) is 10.0 Å². The minimum atomic E-state index is -3.49. The van der Waals surface area contributed by atoms with E-state index in [2.05, 4.69) is 15.6 Å². The monoisotopic (exact) mass is 452 g/mol. The zero-order chi connectivity index (χ0) is 15.4. The molecule has 1 fully saturated rings. The van der Waals surface area contributed by atoms with E-state index in [9.17, 15) is 8.42 Å². The minimum Gasteiger partial charge on any atom is -0.379 e. The van der Waals surface area contributed by atoms with E-state index < -0.39 is 10.0 Å². The van der Waals surface area contributed by atoms with Crippen LogP contribution in [0.25, 0.3) is 0 Å². The van der Waals surface area contributed by atoms with Crippen LogP contribution in [0.1, 0.15) is 5.56 Å². The molecule has 1 saturated heterocycles. The largest absolute Gasteiger partial charge is 0.379 e. The van der Waals surface area contributed by atoms with Crippen molar-refractivity contribution < 1.29 is 13.2 Å². The van der Waals surface area contributed by atoms with Crippen LogP contribution in [0, 0.1) is 0 Å². The quantitative estimate of drug-likeness (QED) is 0.646. The van der Waals surface area contributed by atoms with Gasteiger partial charge in [0, 0.05) is 26.2 Å². The Balaban J connectivity index is 0.00000192. The number of morpholine rings is 1. The first kappa shape index (κ1) is 18.4. The van der Waals surface area contributed by atoms with E-state index >= 15 is 0 Å².